The van der Waals surface area contributed by atoms with E-state index < -0.39 is 0 Å². The molecule has 0 amide bonds. The maximum atomic E-state index is 5.70. The van der Waals surface area contributed by atoms with E-state index >= 15 is 0 Å². The molecule has 0 bridgehead atoms. The fourth-order valence-electron chi connectivity index (χ4n) is 1.79. The molecule has 2 rings (SSSR count). The van der Waals surface area contributed by atoms with Gasteiger partial charge in [-0.2, -0.15) is 0 Å². The van der Waals surface area contributed by atoms with Gasteiger partial charge >= 0.3 is 0 Å². The van der Waals surface area contributed by atoms with Crippen molar-refractivity contribution in [3.63, 3.8) is 0 Å². The first-order valence-electron chi connectivity index (χ1n) is 5.73. The number of ether oxygens (including phenoxy) is 2. The number of likely N-dealkylation sites (N-methyl/N-ethyl adjacent to an activating group) is 1. The molecule has 0 N–H and O–H groups in total. The molecule has 1 aromatic rings. The highest BCUT2D eigenvalue weighted by Gasteiger charge is 2.17. The summed E-state index contributed by atoms with van der Waals surface area (Å²) in [5.74, 6) is 0.919. The second kappa shape index (κ2) is 5.32. The Hall–Kier alpha value is -1.06. The smallest absolute Gasteiger partial charge is 0.119 e. The summed E-state index contributed by atoms with van der Waals surface area (Å²) in [5, 5.41) is 0. The molecule has 1 aliphatic heterocycles. The van der Waals surface area contributed by atoms with Gasteiger partial charge in [-0.25, -0.2) is 0 Å². The molecule has 0 spiro atoms. The van der Waals surface area contributed by atoms with E-state index in [-0.39, 0.29) is 6.10 Å². The van der Waals surface area contributed by atoms with E-state index in [1.54, 1.807) is 0 Å². The van der Waals surface area contributed by atoms with Crippen LogP contribution in [0.1, 0.15) is 5.56 Å². The standard InChI is InChI=1S/C13H19NO2/c1-11-3-5-12(6-4-11)16-10-13-9-14(2)7-8-15-13/h3-6,13H,7-10H2,1-2H3. The van der Waals surface area contributed by atoms with Crippen molar-refractivity contribution in [2.75, 3.05) is 33.4 Å². The second-order valence-electron chi connectivity index (χ2n) is 4.38. The average Bonchev–Trinajstić information content (AvgIpc) is 2.28. The molecule has 1 fully saturated rings. The minimum Gasteiger partial charge on any atom is -0.491 e. The van der Waals surface area contributed by atoms with E-state index in [0.29, 0.717) is 6.61 Å². The lowest BCUT2D eigenvalue weighted by molar-refractivity contribution is -0.0403. The molecule has 0 aromatic heterocycles. The van der Waals surface area contributed by atoms with Gasteiger partial charge < -0.3 is 14.4 Å². The normalized spacial score (nSPS) is 22.0. The lowest BCUT2D eigenvalue weighted by Crippen LogP contribution is -2.42. The van der Waals surface area contributed by atoms with Crippen molar-refractivity contribution in [1.29, 1.82) is 0 Å². The minimum atomic E-state index is 0.194. The molecule has 0 saturated carbocycles. The molecule has 1 saturated heterocycles. The monoisotopic (exact) mass is 221 g/mol. The molecule has 1 unspecified atom stereocenters. The van der Waals surface area contributed by atoms with Crippen molar-refractivity contribution in [3.8, 4) is 5.75 Å². The predicted molar refractivity (Wildman–Crippen MR) is 63.9 cm³/mol. The molecular weight excluding hydrogens is 202 g/mol. The Morgan fingerprint density at radius 2 is 2.12 bits per heavy atom. The summed E-state index contributed by atoms with van der Waals surface area (Å²) in [6.45, 7) is 5.47. The van der Waals surface area contributed by atoms with Crippen LogP contribution in [0.3, 0.4) is 0 Å². The Balaban J connectivity index is 1.80. The summed E-state index contributed by atoms with van der Waals surface area (Å²) in [5.41, 5.74) is 1.25. The van der Waals surface area contributed by atoms with Gasteiger partial charge in [-0.3, -0.25) is 0 Å². The Kier molecular flexibility index (Phi) is 3.80. The number of rotatable bonds is 3. The lowest BCUT2D eigenvalue weighted by Gasteiger charge is -2.29. The van der Waals surface area contributed by atoms with Crippen molar-refractivity contribution in [3.05, 3.63) is 29.8 Å². The van der Waals surface area contributed by atoms with Gasteiger partial charge in [0.25, 0.3) is 0 Å². The zero-order valence-electron chi connectivity index (χ0n) is 9.98. The van der Waals surface area contributed by atoms with Crippen molar-refractivity contribution in [2.24, 2.45) is 0 Å². The van der Waals surface area contributed by atoms with Crippen LogP contribution in [0.5, 0.6) is 5.75 Å². The molecule has 0 aliphatic carbocycles. The third-order valence-corrected chi connectivity index (χ3v) is 2.80. The topological polar surface area (TPSA) is 21.7 Å². The number of nitrogens with zero attached hydrogens (tertiary/aromatic N) is 1. The summed E-state index contributed by atoms with van der Waals surface area (Å²) >= 11 is 0. The Morgan fingerprint density at radius 1 is 1.38 bits per heavy atom. The summed E-state index contributed by atoms with van der Waals surface area (Å²) in [7, 11) is 2.11. The van der Waals surface area contributed by atoms with Gasteiger partial charge in [0.2, 0.25) is 0 Å². The van der Waals surface area contributed by atoms with Crippen molar-refractivity contribution in [1.82, 2.24) is 4.90 Å². The summed E-state index contributed by atoms with van der Waals surface area (Å²) in [6, 6.07) is 8.12. The van der Waals surface area contributed by atoms with Crippen LogP contribution in [0.2, 0.25) is 0 Å². The summed E-state index contributed by atoms with van der Waals surface area (Å²) < 4.78 is 11.3. The van der Waals surface area contributed by atoms with Crippen molar-refractivity contribution in [2.45, 2.75) is 13.0 Å². The molecule has 88 valence electrons. The van der Waals surface area contributed by atoms with Gasteiger partial charge in [0.1, 0.15) is 18.5 Å². The SMILES string of the molecule is Cc1ccc(OCC2CN(C)CCO2)cc1. The van der Waals surface area contributed by atoms with E-state index in [4.69, 9.17) is 9.47 Å². The van der Waals surface area contributed by atoms with Crippen LogP contribution >= 0.6 is 0 Å². The third kappa shape index (κ3) is 3.22. The average molecular weight is 221 g/mol. The summed E-state index contributed by atoms with van der Waals surface area (Å²) in [4.78, 5) is 2.27. The van der Waals surface area contributed by atoms with Gasteiger partial charge in [0.05, 0.1) is 6.61 Å². The first kappa shape index (κ1) is 11.4. The molecule has 1 heterocycles. The van der Waals surface area contributed by atoms with Gasteiger partial charge in [-0.1, -0.05) is 17.7 Å². The van der Waals surface area contributed by atoms with Crippen LogP contribution < -0.4 is 4.74 Å². The van der Waals surface area contributed by atoms with Gasteiger partial charge in [0, 0.05) is 13.1 Å². The predicted octanol–water partition coefficient (Wildman–Crippen LogP) is 1.70. The quantitative estimate of drug-likeness (QED) is 0.775. The highest BCUT2D eigenvalue weighted by atomic mass is 16.5. The molecule has 16 heavy (non-hydrogen) atoms. The summed E-state index contributed by atoms with van der Waals surface area (Å²) in [6.07, 6.45) is 0.194. The molecule has 1 aromatic carbocycles. The molecule has 1 aliphatic rings. The second-order valence-corrected chi connectivity index (χ2v) is 4.38. The van der Waals surface area contributed by atoms with E-state index in [0.717, 1.165) is 25.4 Å². The number of aryl methyl sites for hydroxylation is 1. The van der Waals surface area contributed by atoms with Crippen LogP contribution in [0.4, 0.5) is 0 Å². The Bertz CT molecular complexity index is 323. The highest BCUT2D eigenvalue weighted by Crippen LogP contribution is 2.13. The molecular formula is C13H19NO2. The van der Waals surface area contributed by atoms with E-state index in [1.165, 1.54) is 5.56 Å². The zero-order chi connectivity index (χ0) is 11.4. The fraction of sp³-hybridized carbons (Fsp3) is 0.538. The van der Waals surface area contributed by atoms with Crippen molar-refractivity contribution < 1.29 is 9.47 Å². The van der Waals surface area contributed by atoms with Gasteiger partial charge in [-0.15, -0.1) is 0 Å². The minimum absolute atomic E-state index is 0.194. The number of hydrogen-bond acceptors (Lipinski definition) is 3. The first-order valence-corrected chi connectivity index (χ1v) is 5.73. The van der Waals surface area contributed by atoms with Crippen LogP contribution in [0, 0.1) is 6.92 Å². The van der Waals surface area contributed by atoms with Crippen molar-refractivity contribution >= 4 is 0 Å². The van der Waals surface area contributed by atoms with E-state index in [2.05, 4.69) is 31.0 Å². The lowest BCUT2D eigenvalue weighted by atomic mass is 10.2. The van der Waals surface area contributed by atoms with Gasteiger partial charge in [-0.05, 0) is 26.1 Å². The molecule has 3 nitrogen and oxygen atoms in total. The highest BCUT2D eigenvalue weighted by molar-refractivity contribution is 5.26. The van der Waals surface area contributed by atoms with Crippen LogP contribution in [-0.2, 0) is 4.74 Å². The first-order chi connectivity index (χ1) is 7.74. The number of morpholine rings is 1. The fourth-order valence-corrected chi connectivity index (χ4v) is 1.79. The third-order valence-electron chi connectivity index (χ3n) is 2.80. The Morgan fingerprint density at radius 3 is 2.81 bits per heavy atom. The maximum Gasteiger partial charge on any atom is 0.119 e. The molecule has 1 atom stereocenters. The maximum absolute atomic E-state index is 5.70. The van der Waals surface area contributed by atoms with Crippen LogP contribution in [-0.4, -0.2) is 44.4 Å². The largest absolute Gasteiger partial charge is 0.491 e. The molecule has 0 radical (unpaired) electrons. The zero-order valence-corrected chi connectivity index (χ0v) is 9.98. The van der Waals surface area contributed by atoms with E-state index in [9.17, 15) is 0 Å². The Labute approximate surface area is 97.0 Å². The number of benzene rings is 1. The number of hydrogen-bond donors (Lipinski definition) is 0. The van der Waals surface area contributed by atoms with Gasteiger partial charge in [0.15, 0.2) is 0 Å². The van der Waals surface area contributed by atoms with Crippen LogP contribution in [0.25, 0.3) is 0 Å². The molecule has 3 heteroatoms. The van der Waals surface area contributed by atoms with Crippen LogP contribution in [0.15, 0.2) is 24.3 Å². The van der Waals surface area contributed by atoms with E-state index in [1.807, 2.05) is 12.1 Å².